The van der Waals surface area contributed by atoms with Gasteiger partial charge in [0, 0.05) is 30.6 Å². The largest absolute Gasteiger partial charge is 0.381 e. The van der Waals surface area contributed by atoms with E-state index in [-0.39, 0.29) is 18.3 Å². The quantitative estimate of drug-likeness (QED) is 0.436. The molecule has 4 rings (SSSR count). The number of ketones is 1. The first-order chi connectivity index (χ1) is 16.0. The third-order valence-electron chi connectivity index (χ3n) is 8.43. The van der Waals surface area contributed by atoms with Crippen LogP contribution < -0.4 is 0 Å². The van der Waals surface area contributed by atoms with Crippen LogP contribution >= 0.6 is 0 Å². The number of alkyl halides is 2. The molecule has 3 aliphatic rings. The van der Waals surface area contributed by atoms with Gasteiger partial charge in [-0.25, -0.2) is 8.78 Å². The predicted octanol–water partition coefficient (Wildman–Crippen LogP) is 6.86. The number of aryl methyl sites for hydroxylation is 1. The number of benzene rings is 1. The normalized spacial score (nSPS) is 31.3. The molecule has 0 radical (unpaired) electrons. The first-order valence-corrected chi connectivity index (χ1v) is 12.8. The first kappa shape index (κ1) is 25.2. The molecule has 1 aliphatic heterocycles. The van der Waals surface area contributed by atoms with Gasteiger partial charge >= 0.3 is 0 Å². The van der Waals surface area contributed by atoms with Crippen LogP contribution in [0, 0.1) is 17.3 Å². The maximum Gasteiger partial charge on any atom is 0.246 e. The molecule has 186 valence electrons. The summed E-state index contributed by atoms with van der Waals surface area (Å²) in [6, 6.07) is 6.51. The van der Waals surface area contributed by atoms with Gasteiger partial charge in [0.15, 0.2) is 11.3 Å². The molecule has 34 heavy (non-hydrogen) atoms. The van der Waals surface area contributed by atoms with Crippen LogP contribution in [-0.2, 0) is 27.9 Å². The molecular formula is C29H39F2NO2. The van der Waals surface area contributed by atoms with Crippen LogP contribution in [0.2, 0.25) is 0 Å². The third kappa shape index (κ3) is 4.41. The van der Waals surface area contributed by atoms with E-state index in [1.54, 1.807) is 13.2 Å². The molecule has 0 bridgehead atoms. The van der Waals surface area contributed by atoms with Crippen LogP contribution in [0.15, 0.2) is 35.8 Å². The number of hydrogen-bond donors (Lipinski definition) is 0. The lowest BCUT2D eigenvalue weighted by Gasteiger charge is -2.50. The highest BCUT2D eigenvalue weighted by molar-refractivity contribution is 6.07. The van der Waals surface area contributed by atoms with Crippen molar-refractivity contribution in [3.05, 3.63) is 47.5 Å². The molecule has 2 aliphatic carbocycles. The number of carbonyl (C=O) groups excluding carboxylic acids is 1. The Balaban J connectivity index is 1.87. The smallest absolute Gasteiger partial charge is 0.246 e. The van der Waals surface area contributed by atoms with Crippen molar-refractivity contribution in [2.45, 2.75) is 96.1 Å². The second-order valence-electron chi connectivity index (χ2n) is 11.4. The van der Waals surface area contributed by atoms with Gasteiger partial charge in [0.2, 0.25) is 5.92 Å². The Labute approximate surface area is 203 Å². The summed E-state index contributed by atoms with van der Waals surface area (Å²) in [6.07, 6.45) is 7.71. The van der Waals surface area contributed by atoms with Crippen LogP contribution in [0.4, 0.5) is 8.78 Å². The summed E-state index contributed by atoms with van der Waals surface area (Å²) < 4.78 is 34.1. The number of allylic oxidation sites excluding steroid dienone is 1. The van der Waals surface area contributed by atoms with Crippen molar-refractivity contribution in [3.63, 3.8) is 0 Å². The van der Waals surface area contributed by atoms with Gasteiger partial charge in [-0.1, -0.05) is 38.6 Å². The van der Waals surface area contributed by atoms with E-state index in [9.17, 15) is 13.6 Å². The summed E-state index contributed by atoms with van der Waals surface area (Å²) in [7, 11) is 1.74. The number of Topliss-reactive ketones (excluding diaryl/α,β-unsaturated/α-hetero) is 1. The molecule has 1 saturated carbocycles. The fourth-order valence-electron chi connectivity index (χ4n) is 6.68. The van der Waals surface area contributed by atoms with E-state index in [0.29, 0.717) is 11.6 Å². The van der Waals surface area contributed by atoms with Gasteiger partial charge in [-0.3, -0.25) is 9.79 Å². The third-order valence-corrected chi connectivity index (χ3v) is 8.43. The fourth-order valence-corrected chi connectivity index (χ4v) is 6.68. The predicted molar refractivity (Wildman–Crippen MR) is 133 cm³/mol. The van der Waals surface area contributed by atoms with Crippen LogP contribution in [0.1, 0.15) is 82.4 Å². The number of hydrogen-bond acceptors (Lipinski definition) is 3. The molecule has 0 saturated heterocycles. The molecule has 1 heterocycles. The van der Waals surface area contributed by atoms with Crippen molar-refractivity contribution in [2.75, 3.05) is 7.11 Å². The molecule has 1 aromatic carbocycles. The van der Waals surface area contributed by atoms with Crippen LogP contribution in [-0.4, -0.2) is 30.6 Å². The van der Waals surface area contributed by atoms with Gasteiger partial charge in [0.1, 0.15) is 0 Å². The SMILES string of the molecule is C=CC1=NC2(C(=O)C(CC(C)(F)F)C1)c1cc(CCC(C)C)ccc1CC21CCC(OC)CC1. The minimum Gasteiger partial charge on any atom is -0.381 e. The van der Waals surface area contributed by atoms with Crippen molar-refractivity contribution in [2.24, 2.45) is 22.2 Å². The number of carbonyl (C=O) groups is 1. The summed E-state index contributed by atoms with van der Waals surface area (Å²) in [5.41, 5.74) is 2.48. The Bertz CT molecular complexity index is 969. The summed E-state index contributed by atoms with van der Waals surface area (Å²) in [5, 5.41) is 0. The summed E-state index contributed by atoms with van der Waals surface area (Å²) in [6.45, 7) is 9.26. The highest BCUT2D eigenvalue weighted by Crippen LogP contribution is 2.62. The molecular weight excluding hydrogens is 432 g/mol. The second kappa shape index (κ2) is 9.29. The average Bonchev–Trinajstić information content (AvgIpc) is 3.03. The number of fused-ring (bicyclic) bond motifs is 3. The van der Waals surface area contributed by atoms with E-state index in [0.717, 1.165) is 63.0 Å². The minimum absolute atomic E-state index is 0.116. The highest BCUT2D eigenvalue weighted by Gasteiger charge is 2.65. The molecule has 2 atom stereocenters. The maximum atomic E-state index is 14.3. The number of rotatable bonds is 7. The van der Waals surface area contributed by atoms with Gasteiger partial charge < -0.3 is 4.74 Å². The first-order valence-electron chi connectivity index (χ1n) is 12.8. The van der Waals surface area contributed by atoms with Crippen molar-refractivity contribution >= 4 is 11.5 Å². The Kier molecular flexibility index (Phi) is 6.89. The zero-order valence-corrected chi connectivity index (χ0v) is 21.1. The minimum atomic E-state index is -2.91. The lowest BCUT2D eigenvalue weighted by Crippen LogP contribution is -2.55. The van der Waals surface area contributed by atoms with Crippen molar-refractivity contribution in [3.8, 4) is 0 Å². The molecule has 1 fully saturated rings. The van der Waals surface area contributed by atoms with Gasteiger partial charge in [0.05, 0.1) is 6.10 Å². The van der Waals surface area contributed by atoms with Crippen molar-refractivity contribution in [1.82, 2.24) is 0 Å². The average molecular weight is 472 g/mol. The summed E-state index contributed by atoms with van der Waals surface area (Å²) >= 11 is 0. The zero-order valence-electron chi connectivity index (χ0n) is 21.1. The highest BCUT2D eigenvalue weighted by atomic mass is 19.3. The van der Waals surface area contributed by atoms with Gasteiger partial charge in [-0.15, -0.1) is 0 Å². The number of halogens is 2. The molecule has 5 heteroatoms. The Morgan fingerprint density at radius 3 is 2.59 bits per heavy atom. The number of ether oxygens (including phenoxy) is 1. The van der Waals surface area contributed by atoms with Crippen LogP contribution in [0.5, 0.6) is 0 Å². The topological polar surface area (TPSA) is 38.7 Å². The monoisotopic (exact) mass is 471 g/mol. The molecule has 0 N–H and O–H groups in total. The summed E-state index contributed by atoms with van der Waals surface area (Å²) in [4.78, 5) is 19.5. The van der Waals surface area contributed by atoms with Gasteiger partial charge in [-0.2, -0.15) is 0 Å². The molecule has 1 aromatic rings. The standard InChI is InChI=1S/C29H39F2NO2/c1-6-23-16-22(17-27(4,30)31)26(33)29(32-23)25-15-20(8-7-19(2)3)9-10-21(25)18-28(29)13-11-24(34-5)12-14-28/h6,9-10,15,19,22,24H,1,7-8,11-14,16-18H2,2-5H3. The Morgan fingerprint density at radius 2 is 2.00 bits per heavy atom. The van der Waals surface area contributed by atoms with E-state index >= 15 is 0 Å². The molecule has 0 amide bonds. The van der Waals surface area contributed by atoms with Gasteiger partial charge in [-0.05, 0) is 87.0 Å². The van der Waals surface area contributed by atoms with Crippen LogP contribution in [0.3, 0.4) is 0 Å². The summed E-state index contributed by atoms with van der Waals surface area (Å²) in [5.74, 6) is -3.20. The van der Waals surface area contributed by atoms with Crippen molar-refractivity contribution < 1.29 is 18.3 Å². The van der Waals surface area contributed by atoms with E-state index in [2.05, 4.69) is 38.6 Å². The molecule has 3 nitrogen and oxygen atoms in total. The number of methoxy groups -OCH3 is 1. The zero-order chi connectivity index (χ0) is 24.7. The van der Waals surface area contributed by atoms with Crippen LogP contribution in [0.25, 0.3) is 0 Å². The number of aliphatic imine (C=N–C) groups is 1. The fraction of sp³-hybridized carbons (Fsp3) is 0.655. The molecule has 0 aromatic heterocycles. The molecule has 2 unspecified atom stereocenters. The van der Waals surface area contributed by atoms with E-state index in [4.69, 9.17) is 9.73 Å². The number of nitrogens with zero attached hydrogens (tertiary/aromatic N) is 1. The van der Waals surface area contributed by atoms with E-state index < -0.39 is 29.2 Å². The van der Waals surface area contributed by atoms with E-state index in [1.165, 1.54) is 5.56 Å². The second-order valence-corrected chi connectivity index (χ2v) is 11.4. The van der Waals surface area contributed by atoms with Crippen molar-refractivity contribution in [1.29, 1.82) is 0 Å². The lowest BCUT2D eigenvalue weighted by molar-refractivity contribution is -0.139. The Morgan fingerprint density at radius 1 is 1.29 bits per heavy atom. The van der Waals surface area contributed by atoms with Gasteiger partial charge in [0.25, 0.3) is 0 Å². The Hall–Kier alpha value is -1.88. The van der Waals surface area contributed by atoms with E-state index in [1.807, 2.05) is 0 Å². The maximum absolute atomic E-state index is 14.3. The lowest BCUT2D eigenvalue weighted by atomic mass is 9.57. The molecule has 2 spiro atoms.